The summed E-state index contributed by atoms with van der Waals surface area (Å²) < 4.78 is 46.1. The van der Waals surface area contributed by atoms with Crippen LogP contribution >= 0.6 is 0 Å². The number of hydrogen-bond acceptors (Lipinski definition) is 3. The van der Waals surface area contributed by atoms with E-state index in [1.807, 2.05) is 30.3 Å². The van der Waals surface area contributed by atoms with E-state index in [2.05, 4.69) is 4.72 Å². The first-order valence-corrected chi connectivity index (χ1v) is 9.39. The average molecular weight is 349 g/mol. The molecule has 0 atom stereocenters. The molecule has 0 saturated carbocycles. The third kappa shape index (κ3) is 3.66. The van der Waals surface area contributed by atoms with Crippen molar-refractivity contribution in [3.63, 3.8) is 0 Å². The molecule has 6 heteroatoms. The molecular formula is C18H20FNO3S. The first-order valence-electron chi connectivity index (χ1n) is 7.90. The highest BCUT2D eigenvalue weighted by molar-refractivity contribution is 7.89. The fourth-order valence-corrected chi connectivity index (χ4v) is 4.18. The van der Waals surface area contributed by atoms with Gasteiger partial charge in [0, 0.05) is 25.2 Å². The Balaban J connectivity index is 1.82. The van der Waals surface area contributed by atoms with E-state index in [1.165, 1.54) is 12.1 Å². The molecule has 0 radical (unpaired) electrons. The molecule has 1 aliphatic rings. The van der Waals surface area contributed by atoms with Crippen molar-refractivity contribution in [1.29, 1.82) is 0 Å². The zero-order valence-electron chi connectivity index (χ0n) is 13.2. The molecule has 0 aliphatic carbocycles. The number of hydrogen-bond donors (Lipinski definition) is 1. The van der Waals surface area contributed by atoms with Crippen LogP contribution in [-0.2, 0) is 20.2 Å². The molecule has 2 aromatic rings. The van der Waals surface area contributed by atoms with Crippen molar-refractivity contribution in [2.24, 2.45) is 0 Å². The molecule has 1 N–H and O–H groups in total. The first-order chi connectivity index (χ1) is 11.5. The molecule has 0 aromatic heterocycles. The summed E-state index contributed by atoms with van der Waals surface area (Å²) in [6, 6.07) is 14.8. The summed E-state index contributed by atoms with van der Waals surface area (Å²) in [4.78, 5) is 0.0687. The summed E-state index contributed by atoms with van der Waals surface area (Å²) in [5, 5.41) is 0. The van der Waals surface area contributed by atoms with Gasteiger partial charge in [0.05, 0.1) is 4.90 Å². The van der Waals surface area contributed by atoms with Gasteiger partial charge in [0.15, 0.2) is 0 Å². The summed E-state index contributed by atoms with van der Waals surface area (Å²) in [6.45, 7) is 1.50. The molecule has 0 unspecified atom stereocenters. The van der Waals surface area contributed by atoms with Gasteiger partial charge in [0.1, 0.15) is 5.82 Å². The van der Waals surface area contributed by atoms with Gasteiger partial charge in [-0.05, 0) is 42.7 Å². The van der Waals surface area contributed by atoms with E-state index < -0.39 is 15.8 Å². The lowest BCUT2D eigenvalue weighted by Gasteiger charge is -2.37. The Bertz CT molecular complexity index is 770. The Hall–Kier alpha value is -1.76. The van der Waals surface area contributed by atoms with Crippen LogP contribution in [0.1, 0.15) is 18.4 Å². The summed E-state index contributed by atoms with van der Waals surface area (Å²) in [5.74, 6) is -0.459. The molecule has 3 rings (SSSR count). The minimum Gasteiger partial charge on any atom is -0.381 e. The zero-order chi connectivity index (χ0) is 17.0. The molecule has 1 saturated heterocycles. The molecule has 1 heterocycles. The Morgan fingerprint density at radius 2 is 1.62 bits per heavy atom. The second kappa shape index (κ2) is 7.01. The Labute approximate surface area is 141 Å². The summed E-state index contributed by atoms with van der Waals surface area (Å²) in [5.41, 5.74) is 0.821. The van der Waals surface area contributed by atoms with Crippen LogP contribution in [0.2, 0.25) is 0 Å². The molecular weight excluding hydrogens is 329 g/mol. The van der Waals surface area contributed by atoms with Crippen LogP contribution in [-0.4, -0.2) is 28.2 Å². The van der Waals surface area contributed by atoms with Gasteiger partial charge in [-0.1, -0.05) is 30.3 Å². The van der Waals surface area contributed by atoms with Gasteiger partial charge < -0.3 is 4.74 Å². The molecule has 0 amide bonds. The van der Waals surface area contributed by atoms with Crippen LogP contribution in [0.15, 0.2) is 59.5 Å². The monoisotopic (exact) mass is 349 g/mol. The largest absolute Gasteiger partial charge is 0.381 e. The quantitative estimate of drug-likeness (QED) is 0.903. The van der Waals surface area contributed by atoms with Gasteiger partial charge in [-0.15, -0.1) is 0 Å². The number of rotatable bonds is 5. The van der Waals surface area contributed by atoms with E-state index in [4.69, 9.17) is 4.74 Å². The number of sulfonamides is 1. The number of halogens is 1. The van der Waals surface area contributed by atoms with Gasteiger partial charge in [-0.3, -0.25) is 0 Å². The van der Waals surface area contributed by atoms with Gasteiger partial charge in [0.2, 0.25) is 10.0 Å². The number of nitrogens with one attached hydrogen (secondary N) is 1. The van der Waals surface area contributed by atoms with Crippen molar-refractivity contribution in [2.45, 2.75) is 23.2 Å². The predicted molar refractivity (Wildman–Crippen MR) is 89.8 cm³/mol. The highest BCUT2D eigenvalue weighted by Gasteiger charge is 2.35. The van der Waals surface area contributed by atoms with Crippen LogP contribution in [0.5, 0.6) is 0 Å². The number of ether oxygens (including phenoxy) is 1. The van der Waals surface area contributed by atoms with Crippen LogP contribution in [0, 0.1) is 5.82 Å². The van der Waals surface area contributed by atoms with Gasteiger partial charge in [-0.2, -0.15) is 0 Å². The molecule has 0 spiro atoms. The summed E-state index contributed by atoms with van der Waals surface area (Å²) >= 11 is 0. The van der Waals surface area contributed by atoms with Gasteiger partial charge in [0.25, 0.3) is 0 Å². The number of benzene rings is 2. The van der Waals surface area contributed by atoms with E-state index in [0.29, 0.717) is 19.8 Å². The van der Waals surface area contributed by atoms with Crippen molar-refractivity contribution in [2.75, 3.05) is 19.8 Å². The molecule has 24 heavy (non-hydrogen) atoms. The zero-order valence-corrected chi connectivity index (χ0v) is 14.1. The smallest absolute Gasteiger partial charge is 0.240 e. The van der Waals surface area contributed by atoms with Crippen molar-refractivity contribution in [3.05, 3.63) is 66.0 Å². The average Bonchev–Trinajstić information content (AvgIpc) is 2.62. The van der Waals surface area contributed by atoms with Crippen LogP contribution < -0.4 is 4.72 Å². The van der Waals surface area contributed by atoms with Crippen molar-refractivity contribution >= 4 is 10.0 Å². The fourth-order valence-electron chi connectivity index (χ4n) is 3.05. The second-order valence-corrected chi connectivity index (χ2v) is 7.80. The van der Waals surface area contributed by atoms with E-state index in [0.717, 1.165) is 30.5 Å². The minimum atomic E-state index is -3.68. The van der Waals surface area contributed by atoms with E-state index in [9.17, 15) is 12.8 Å². The van der Waals surface area contributed by atoms with Crippen molar-refractivity contribution in [3.8, 4) is 0 Å². The predicted octanol–water partition coefficient (Wildman–Crippen LogP) is 2.85. The third-order valence-electron chi connectivity index (χ3n) is 4.56. The van der Waals surface area contributed by atoms with Crippen LogP contribution in [0.3, 0.4) is 0 Å². The maximum atomic E-state index is 13.0. The molecule has 2 aromatic carbocycles. The van der Waals surface area contributed by atoms with Gasteiger partial charge in [-0.25, -0.2) is 17.5 Å². The Morgan fingerprint density at radius 1 is 1.00 bits per heavy atom. The van der Waals surface area contributed by atoms with Crippen molar-refractivity contribution in [1.82, 2.24) is 4.72 Å². The van der Waals surface area contributed by atoms with Crippen LogP contribution in [0.25, 0.3) is 0 Å². The molecule has 1 fully saturated rings. The Kier molecular flexibility index (Phi) is 4.99. The van der Waals surface area contributed by atoms with Gasteiger partial charge >= 0.3 is 0 Å². The molecule has 1 aliphatic heterocycles. The Morgan fingerprint density at radius 3 is 2.25 bits per heavy atom. The fraction of sp³-hybridized carbons (Fsp3) is 0.333. The first kappa shape index (κ1) is 17.1. The van der Waals surface area contributed by atoms with Crippen molar-refractivity contribution < 1.29 is 17.5 Å². The normalized spacial score (nSPS) is 17.5. The molecule has 4 nitrogen and oxygen atoms in total. The summed E-state index contributed by atoms with van der Waals surface area (Å²) in [6.07, 6.45) is 1.51. The standard InChI is InChI=1S/C18H20FNO3S/c19-16-6-8-17(9-7-16)24(21,22)20-14-18(10-12-23-13-11-18)15-4-2-1-3-5-15/h1-9,20H,10-14H2. The van der Waals surface area contributed by atoms with E-state index in [-0.39, 0.29) is 10.3 Å². The van der Waals surface area contributed by atoms with E-state index in [1.54, 1.807) is 0 Å². The topological polar surface area (TPSA) is 55.4 Å². The SMILES string of the molecule is O=S(=O)(NCC1(c2ccccc2)CCOCC1)c1ccc(F)cc1. The lowest BCUT2D eigenvalue weighted by molar-refractivity contribution is 0.0517. The lowest BCUT2D eigenvalue weighted by atomic mass is 9.74. The maximum absolute atomic E-state index is 13.0. The lowest BCUT2D eigenvalue weighted by Crippen LogP contribution is -2.44. The highest BCUT2D eigenvalue weighted by Crippen LogP contribution is 2.34. The summed E-state index contributed by atoms with van der Waals surface area (Å²) in [7, 11) is -3.68. The second-order valence-electron chi connectivity index (χ2n) is 6.04. The third-order valence-corrected chi connectivity index (χ3v) is 5.98. The maximum Gasteiger partial charge on any atom is 0.240 e. The minimum absolute atomic E-state index is 0.0687. The van der Waals surface area contributed by atoms with Crippen LogP contribution in [0.4, 0.5) is 4.39 Å². The molecule has 0 bridgehead atoms. The molecule has 128 valence electrons. The highest BCUT2D eigenvalue weighted by atomic mass is 32.2. The van der Waals surface area contributed by atoms with E-state index >= 15 is 0 Å².